The highest BCUT2D eigenvalue weighted by atomic mass is 35.5. The van der Waals surface area contributed by atoms with Gasteiger partial charge < -0.3 is 0 Å². The lowest BCUT2D eigenvalue weighted by Gasteiger charge is -2.23. The van der Waals surface area contributed by atoms with Gasteiger partial charge in [0.25, 0.3) is 0 Å². The summed E-state index contributed by atoms with van der Waals surface area (Å²) < 4.78 is 0. The monoisotopic (exact) mass is 273 g/mol. The number of nitrogens with zero attached hydrogens (tertiary/aromatic N) is 1. The van der Waals surface area contributed by atoms with Crippen LogP contribution in [0.3, 0.4) is 0 Å². The predicted molar refractivity (Wildman–Crippen MR) is 80.5 cm³/mol. The first-order chi connectivity index (χ1) is 9.31. The lowest BCUT2D eigenvalue weighted by atomic mass is 9.82. The van der Waals surface area contributed by atoms with E-state index in [1.165, 1.54) is 56.3 Å². The van der Waals surface area contributed by atoms with Crippen LogP contribution < -0.4 is 0 Å². The fourth-order valence-corrected chi connectivity index (χ4v) is 4.35. The molecule has 0 spiro atoms. The van der Waals surface area contributed by atoms with Crippen LogP contribution >= 0.6 is 11.6 Å². The van der Waals surface area contributed by atoms with E-state index < -0.39 is 0 Å². The van der Waals surface area contributed by atoms with Crippen molar-refractivity contribution in [2.75, 3.05) is 13.1 Å². The van der Waals surface area contributed by atoms with Gasteiger partial charge in [-0.05, 0) is 60.6 Å². The number of fused-ring (bicyclic) bond motifs is 4. The van der Waals surface area contributed by atoms with Crippen LogP contribution in [0.2, 0.25) is 5.02 Å². The van der Waals surface area contributed by atoms with Gasteiger partial charge >= 0.3 is 0 Å². The molecule has 0 bridgehead atoms. The average molecular weight is 274 g/mol. The largest absolute Gasteiger partial charge is 0.296 e. The van der Waals surface area contributed by atoms with E-state index in [9.17, 15) is 0 Å². The van der Waals surface area contributed by atoms with Crippen molar-refractivity contribution in [3.05, 3.63) is 39.9 Å². The standard InChI is InChI=1S/C17H20ClN/c18-15-6-5-12-10-16-14(8-13(12)9-15)11-19-7-3-1-2-4-17(16)19/h5-6,9-10,14,17H,1-4,7-8,11H2. The molecule has 2 saturated heterocycles. The van der Waals surface area contributed by atoms with Crippen LogP contribution in [0, 0.1) is 5.92 Å². The maximum absolute atomic E-state index is 6.13. The Labute approximate surface area is 120 Å². The average Bonchev–Trinajstić information content (AvgIpc) is 2.59. The fourth-order valence-electron chi connectivity index (χ4n) is 4.16. The maximum Gasteiger partial charge on any atom is 0.0409 e. The molecule has 0 aromatic heterocycles. The second-order valence-electron chi connectivity index (χ2n) is 6.25. The molecule has 2 unspecified atom stereocenters. The normalized spacial score (nSPS) is 30.1. The van der Waals surface area contributed by atoms with E-state index in [0.717, 1.165) is 17.0 Å². The van der Waals surface area contributed by atoms with Gasteiger partial charge in [0.15, 0.2) is 0 Å². The van der Waals surface area contributed by atoms with Crippen LogP contribution in [0.15, 0.2) is 23.8 Å². The van der Waals surface area contributed by atoms with Crippen molar-refractivity contribution in [1.29, 1.82) is 0 Å². The molecule has 0 radical (unpaired) electrons. The summed E-state index contributed by atoms with van der Waals surface area (Å²) >= 11 is 6.13. The summed E-state index contributed by atoms with van der Waals surface area (Å²) in [5, 5.41) is 0.878. The number of benzene rings is 1. The van der Waals surface area contributed by atoms with Gasteiger partial charge in [-0.1, -0.05) is 36.6 Å². The quantitative estimate of drug-likeness (QED) is 0.686. The molecule has 0 saturated carbocycles. The molecule has 0 N–H and O–H groups in total. The number of hydrogen-bond acceptors (Lipinski definition) is 1. The molecule has 1 aliphatic carbocycles. The highest BCUT2D eigenvalue weighted by Gasteiger charge is 2.38. The van der Waals surface area contributed by atoms with Crippen molar-refractivity contribution in [2.45, 2.75) is 38.1 Å². The topological polar surface area (TPSA) is 3.24 Å². The molecule has 2 heteroatoms. The second-order valence-corrected chi connectivity index (χ2v) is 6.69. The van der Waals surface area contributed by atoms with Crippen molar-refractivity contribution >= 4 is 17.7 Å². The minimum Gasteiger partial charge on any atom is -0.296 e. The first-order valence-corrected chi connectivity index (χ1v) is 7.93. The summed E-state index contributed by atoms with van der Waals surface area (Å²) in [6, 6.07) is 7.11. The van der Waals surface area contributed by atoms with Gasteiger partial charge in [-0.2, -0.15) is 0 Å². The van der Waals surface area contributed by atoms with E-state index in [1.54, 1.807) is 5.57 Å². The van der Waals surface area contributed by atoms with Crippen molar-refractivity contribution in [2.24, 2.45) is 5.92 Å². The third-order valence-electron chi connectivity index (χ3n) is 5.07. The zero-order valence-electron chi connectivity index (χ0n) is 11.2. The predicted octanol–water partition coefficient (Wildman–Crippen LogP) is 4.15. The molecule has 2 heterocycles. The van der Waals surface area contributed by atoms with Gasteiger partial charge in [0.1, 0.15) is 0 Å². The van der Waals surface area contributed by atoms with E-state index in [4.69, 9.17) is 11.6 Å². The molecule has 1 aromatic rings. The van der Waals surface area contributed by atoms with Crippen LogP contribution in [-0.4, -0.2) is 24.0 Å². The highest BCUT2D eigenvalue weighted by Crippen LogP contribution is 2.41. The van der Waals surface area contributed by atoms with Crippen molar-refractivity contribution in [3.8, 4) is 0 Å². The van der Waals surface area contributed by atoms with Gasteiger partial charge in [-0.15, -0.1) is 0 Å². The van der Waals surface area contributed by atoms with Crippen molar-refractivity contribution in [3.63, 3.8) is 0 Å². The summed E-state index contributed by atoms with van der Waals surface area (Å²) in [4.78, 5) is 2.73. The van der Waals surface area contributed by atoms with Crippen molar-refractivity contribution in [1.82, 2.24) is 4.90 Å². The van der Waals surface area contributed by atoms with Gasteiger partial charge in [0, 0.05) is 17.6 Å². The summed E-state index contributed by atoms with van der Waals surface area (Å²) in [5.74, 6) is 0.745. The van der Waals surface area contributed by atoms with Gasteiger partial charge in [-0.25, -0.2) is 0 Å². The molecule has 100 valence electrons. The molecule has 0 amide bonds. The SMILES string of the molecule is Clc1ccc2c(c1)CC1CN3CCCCCC3C1=C2. The zero-order valence-corrected chi connectivity index (χ0v) is 12.0. The molecule has 2 fully saturated rings. The smallest absolute Gasteiger partial charge is 0.0409 e. The third kappa shape index (κ3) is 2.04. The number of halogens is 1. The molecule has 2 aliphatic heterocycles. The molecular weight excluding hydrogens is 254 g/mol. The van der Waals surface area contributed by atoms with Crippen molar-refractivity contribution < 1.29 is 0 Å². The van der Waals surface area contributed by atoms with E-state index in [2.05, 4.69) is 23.1 Å². The van der Waals surface area contributed by atoms with E-state index in [0.29, 0.717) is 0 Å². The van der Waals surface area contributed by atoms with Crippen LogP contribution in [0.4, 0.5) is 0 Å². The fraction of sp³-hybridized carbons (Fsp3) is 0.529. The molecule has 19 heavy (non-hydrogen) atoms. The Morgan fingerprint density at radius 2 is 2.11 bits per heavy atom. The Morgan fingerprint density at radius 3 is 3.05 bits per heavy atom. The first kappa shape index (κ1) is 12.0. The van der Waals surface area contributed by atoms with Crippen LogP contribution in [0.5, 0.6) is 0 Å². The van der Waals surface area contributed by atoms with Gasteiger partial charge in [0.05, 0.1) is 0 Å². The molecule has 1 aromatic carbocycles. The molecule has 2 atom stereocenters. The Bertz CT molecular complexity index is 534. The Balaban J connectivity index is 1.72. The Hall–Kier alpha value is -0.790. The Kier molecular flexibility index (Phi) is 2.93. The highest BCUT2D eigenvalue weighted by molar-refractivity contribution is 6.30. The third-order valence-corrected chi connectivity index (χ3v) is 5.30. The molecule has 1 nitrogen and oxygen atoms in total. The van der Waals surface area contributed by atoms with Crippen LogP contribution in [0.25, 0.3) is 6.08 Å². The van der Waals surface area contributed by atoms with Crippen LogP contribution in [-0.2, 0) is 6.42 Å². The van der Waals surface area contributed by atoms with Gasteiger partial charge in [-0.3, -0.25) is 4.90 Å². The van der Waals surface area contributed by atoms with Gasteiger partial charge in [0.2, 0.25) is 0 Å². The lowest BCUT2D eigenvalue weighted by Crippen LogP contribution is -2.29. The van der Waals surface area contributed by atoms with E-state index >= 15 is 0 Å². The lowest BCUT2D eigenvalue weighted by molar-refractivity contribution is 0.266. The maximum atomic E-state index is 6.13. The first-order valence-electron chi connectivity index (χ1n) is 7.55. The van der Waals surface area contributed by atoms with E-state index in [1.807, 2.05) is 6.07 Å². The second kappa shape index (κ2) is 4.64. The molecular formula is C17H20ClN. The zero-order chi connectivity index (χ0) is 12.8. The Morgan fingerprint density at radius 1 is 1.16 bits per heavy atom. The summed E-state index contributed by atoms with van der Waals surface area (Å²) in [6.45, 7) is 2.57. The number of hydrogen-bond donors (Lipinski definition) is 0. The van der Waals surface area contributed by atoms with E-state index in [-0.39, 0.29) is 0 Å². The van der Waals surface area contributed by atoms with Crippen LogP contribution in [0.1, 0.15) is 36.8 Å². The summed E-state index contributed by atoms with van der Waals surface area (Å²) in [5.41, 5.74) is 4.55. The minimum absolute atomic E-state index is 0.733. The molecule has 4 rings (SSSR count). The molecule has 3 aliphatic rings. The minimum atomic E-state index is 0.733. The number of rotatable bonds is 0. The summed E-state index contributed by atoms with van der Waals surface area (Å²) in [7, 11) is 0. The summed E-state index contributed by atoms with van der Waals surface area (Å²) in [6.07, 6.45) is 9.22.